The molecular formula is C19H23N5O4. The van der Waals surface area contributed by atoms with Crippen molar-refractivity contribution in [1.29, 1.82) is 0 Å². The van der Waals surface area contributed by atoms with Gasteiger partial charge in [-0.05, 0) is 18.2 Å². The lowest BCUT2D eigenvalue weighted by molar-refractivity contribution is -0.122. The number of anilines is 2. The molecule has 1 aromatic heterocycles. The molecule has 3 amide bonds. The maximum absolute atomic E-state index is 12.9. The number of hydrogen-bond acceptors (Lipinski definition) is 6. The van der Waals surface area contributed by atoms with Crippen molar-refractivity contribution in [3.63, 3.8) is 0 Å². The second-order valence-corrected chi connectivity index (χ2v) is 7.21. The molecule has 0 radical (unpaired) electrons. The molecule has 1 N–H and O–H groups in total. The number of ether oxygens (including phenoxy) is 1. The van der Waals surface area contributed by atoms with Crippen LogP contribution in [0.3, 0.4) is 0 Å². The topological polar surface area (TPSA) is 101 Å². The predicted molar refractivity (Wildman–Crippen MR) is 101 cm³/mol. The Hall–Kier alpha value is -2.94. The number of amides is 3. The summed E-state index contributed by atoms with van der Waals surface area (Å²) in [5.41, 5.74) is 1.41. The van der Waals surface area contributed by atoms with Crippen molar-refractivity contribution in [3.8, 4) is 0 Å². The van der Waals surface area contributed by atoms with Crippen LogP contribution in [0.4, 0.5) is 16.2 Å². The number of carbonyl (C=O) groups excluding carboxylic acids is 2. The van der Waals surface area contributed by atoms with Crippen molar-refractivity contribution in [2.75, 3.05) is 36.5 Å². The fourth-order valence-corrected chi connectivity index (χ4v) is 3.21. The Morgan fingerprint density at radius 1 is 1.32 bits per heavy atom. The van der Waals surface area contributed by atoms with Crippen LogP contribution in [0.2, 0.25) is 0 Å². The summed E-state index contributed by atoms with van der Waals surface area (Å²) in [5, 5.41) is 6.94. The predicted octanol–water partition coefficient (Wildman–Crippen LogP) is 2.54. The van der Waals surface area contributed by atoms with Crippen molar-refractivity contribution in [1.82, 2.24) is 15.0 Å². The van der Waals surface area contributed by atoms with Crippen LogP contribution in [0.15, 0.2) is 28.8 Å². The molecule has 9 heteroatoms. The Balaban J connectivity index is 1.49. The molecule has 3 heterocycles. The van der Waals surface area contributed by atoms with Gasteiger partial charge in [0.2, 0.25) is 11.8 Å². The second kappa shape index (κ2) is 7.59. The molecule has 28 heavy (non-hydrogen) atoms. The summed E-state index contributed by atoms with van der Waals surface area (Å²) in [5.74, 6) is 1.18. The average molecular weight is 385 g/mol. The Labute approximate surface area is 162 Å². The standard InChI is InChI=1S/C19H23N5O4/c1-12(2)18-21-17(22-28-18)15-11-27-9-8-24(15)19(26)20-13-4-3-5-14(10-13)23-7-6-16(23)25/h3-5,10,12,15H,6-9,11H2,1-2H3,(H,20,26). The minimum absolute atomic E-state index is 0.0924. The lowest BCUT2D eigenvalue weighted by Crippen LogP contribution is -2.46. The number of nitrogens with one attached hydrogen (secondary N) is 1. The van der Waals surface area contributed by atoms with Crippen LogP contribution in [-0.4, -0.2) is 53.3 Å². The van der Waals surface area contributed by atoms with Crippen LogP contribution < -0.4 is 10.2 Å². The first kappa shape index (κ1) is 18.4. The highest BCUT2D eigenvalue weighted by Gasteiger charge is 2.33. The van der Waals surface area contributed by atoms with Crippen molar-refractivity contribution < 1.29 is 18.8 Å². The lowest BCUT2D eigenvalue weighted by atomic mass is 10.1. The highest BCUT2D eigenvalue weighted by Crippen LogP contribution is 2.27. The molecule has 2 saturated heterocycles. The van der Waals surface area contributed by atoms with E-state index in [2.05, 4.69) is 15.5 Å². The van der Waals surface area contributed by atoms with E-state index in [-0.39, 0.29) is 17.9 Å². The van der Waals surface area contributed by atoms with E-state index in [9.17, 15) is 9.59 Å². The highest BCUT2D eigenvalue weighted by molar-refractivity contribution is 6.00. The molecule has 1 unspecified atom stereocenters. The van der Waals surface area contributed by atoms with Gasteiger partial charge in [0, 0.05) is 36.8 Å². The molecule has 0 saturated carbocycles. The number of benzene rings is 1. The van der Waals surface area contributed by atoms with Gasteiger partial charge in [-0.3, -0.25) is 4.79 Å². The zero-order chi connectivity index (χ0) is 19.7. The van der Waals surface area contributed by atoms with Crippen molar-refractivity contribution in [2.24, 2.45) is 0 Å². The maximum Gasteiger partial charge on any atom is 0.322 e. The Morgan fingerprint density at radius 3 is 2.86 bits per heavy atom. The highest BCUT2D eigenvalue weighted by atomic mass is 16.5. The molecule has 1 atom stereocenters. The molecular weight excluding hydrogens is 362 g/mol. The van der Waals surface area contributed by atoms with Gasteiger partial charge in [0.25, 0.3) is 0 Å². The molecule has 0 spiro atoms. The summed E-state index contributed by atoms with van der Waals surface area (Å²) in [6.45, 7) is 5.82. The van der Waals surface area contributed by atoms with Crippen molar-refractivity contribution >= 4 is 23.3 Å². The summed E-state index contributed by atoms with van der Waals surface area (Å²) in [6, 6.07) is 6.60. The molecule has 2 aromatic rings. The van der Waals surface area contributed by atoms with Crippen LogP contribution >= 0.6 is 0 Å². The Morgan fingerprint density at radius 2 is 2.18 bits per heavy atom. The van der Waals surface area contributed by atoms with Gasteiger partial charge in [-0.2, -0.15) is 4.98 Å². The molecule has 0 bridgehead atoms. The fraction of sp³-hybridized carbons (Fsp3) is 0.474. The minimum atomic E-state index is -0.412. The summed E-state index contributed by atoms with van der Waals surface area (Å²) >= 11 is 0. The summed E-state index contributed by atoms with van der Waals surface area (Å²) in [7, 11) is 0. The zero-order valence-corrected chi connectivity index (χ0v) is 15.9. The molecule has 148 valence electrons. The Kier molecular flexibility index (Phi) is 4.99. The van der Waals surface area contributed by atoms with E-state index in [1.165, 1.54) is 0 Å². The van der Waals surface area contributed by atoms with E-state index in [1.807, 2.05) is 26.0 Å². The minimum Gasteiger partial charge on any atom is -0.377 e. The lowest BCUT2D eigenvalue weighted by Gasteiger charge is -2.34. The number of β-lactam (4-membered cyclic amide) rings is 1. The SMILES string of the molecule is CC(C)c1nc(C2COCCN2C(=O)Nc2cccc(N3CCC3=O)c2)no1. The van der Waals surface area contributed by atoms with Crippen LogP contribution in [0.25, 0.3) is 0 Å². The van der Waals surface area contributed by atoms with E-state index in [4.69, 9.17) is 9.26 Å². The van der Waals surface area contributed by atoms with Crippen molar-refractivity contribution in [2.45, 2.75) is 32.2 Å². The molecule has 2 fully saturated rings. The van der Waals surface area contributed by atoms with Crippen LogP contribution in [0.5, 0.6) is 0 Å². The smallest absolute Gasteiger partial charge is 0.322 e. The van der Waals surface area contributed by atoms with Crippen LogP contribution in [-0.2, 0) is 9.53 Å². The van der Waals surface area contributed by atoms with Gasteiger partial charge >= 0.3 is 6.03 Å². The number of carbonyl (C=O) groups is 2. The molecule has 4 rings (SSSR count). The van der Waals surface area contributed by atoms with E-state index in [0.717, 1.165) is 5.69 Å². The zero-order valence-electron chi connectivity index (χ0n) is 15.9. The van der Waals surface area contributed by atoms with Gasteiger partial charge < -0.3 is 24.4 Å². The van der Waals surface area contributed by atoms with E-state index < -0.39 is 6.04 Å². The summed E-state index contributed by atoms with van der Waals surface area (Å²) < 4.78 is 10.8. The third-order valence-corrected chi connectivity index (χ3v) is 4.90. The largest absolute Gasteiger partial charge is 0.377 e. The number of rotatable bonds is 4. The van der Waals surface area contributed by atoms with E-state index >= 15 is 0 Å². The Bertz CT molecular complexity index is 881. The first-order valence-electron chi connectivity index (χ1n) is 9.42. The van der Waals surface area contributed by atoms with Gasteiger partial charge in [0.15, 0.2) is 5.82 Å². The van der Waals surface area contributed by atoms with Gasteiger partial charge in [-0.25, -0.2) is 4.79 Å². The first-order chi connectivity index (χ1) is 13.5. The second-order valence-electron chi connectivity index (χ2n) is 7.21. The normalized spacial score (nSPS) is 19.7. The van der Waals surface area contributed by atoms with Gasteiger partial charge in [-0.15, -0.1) is 0 Å². The van der Waals surface area contributed by atoms with Gasteiger partial charge in [0.05, 0.1) is 13.2 Å². The average Bonchev–Trinajstić information content (AvgIpc) is 3.17. The molecule has 9 nitrogen and oxygen atoms in total. The number of morpholine rings is 1. The van der Waals surface area contributed by atoms with Gasteiger partial charge in [-0.1, -0.05) is 25.1 Å². The quantitative estimate of drug-likeness (QED) is 0.812. The third kappa shape index (κ3) is 3.57. The number of urea groups is 1. The monoisotopic (exact) mass is 385 g/mol. The summed E-state index contributed by atoms with van der Waals surface area (Å²) in [6.07, 6.45) is 0.565. The summed E-state index contributed by atoms with van der Waals surface area (Å²) in [4.78, 5) is 32.3. The van der Waals surface area contributed by atoms with E-state index in [0.29, 0.717) is 50.1 Å². The van der Waals surface area contributed by atoms with Gasteiger partial charge in [0.1, 0.15) is 6.04 Å². The third-order valence-electron chi connectivity index (χ3n) is 4.90. The van der Waals surface area contributed by atoms with Crippen LogP contribution in [0.1, 0.15) is 43.9 Å². The number of hydrogen-bond donors (Lipinski definition) is 1. The molecule has 0 aliphatic carbocycles. The van der Waals surface area contributed by atoms with Crippen LogP contribution in [0, 0.1) is 0 Å². The molecule has 2 aliphatic heterocycles. The van der Waals surface area contributed by atoms with Crippen molar-refractivity contribution in [3.05, 3.63) is 36.0 Å². The van der Waals surface area contributed by atoms with E-state index in [1.54, 1.807) is 21.9 Å². The molecule has 1 aromatic carbocycles. The molecule has 2 aliphatic rings. The number of nitrogens with zero attached hydrogens (tertiary/aromatic N) is 4. The maximum atomic E-state index is 12.9. The number of aromatic nitrogens is 2. The first-order valence-corrected chi connectivity index (χ1v) is 9.42. The fourth-order valence-electron chi connectivity index (χ4n) is 3.21.